The zero-order valence-electron chi connectivity index (χ0n) is 10.5. The van der Waals surface area contributed by atoms with Gasteiger partial charge in [-0.2, -0.15) is 0 Å². The molecule has 0 saturated carbocycles. The highest BCUT2D eigenvalue weighted by Crippen LogP contribution is 1.97. The lowest BCUT2D eigenvalue weighted by Gasteiger charge is -2.21. The minimum atomic E-state index is -0.158. The van der Waals surface area contributed by atoms with Crippen LogP contribution in [0.1, 0.15) is 34.1 Å². The molecule has 0 aliphatic heterocycles. The summed E-state index contributed by atoms with van der Waals surface area (Å²) < 4.78 is 4.96. The molecule has 0 aliphatic carbocycles. The summed E-state index contributed by atoms with van der Waals surface area (Å²) >= 11 is 0. The van der Waals surface area contributed by atoms with Gasteiger partial charge in [0.25, 0.3) is 0 Å². The largest absolute Gasteiger partial charge is 0.385 e. The van der Waals surface area contributed by atoms with Crippen LogP contribution in [-0.2, 0) is 9.53 Å². The molecule has 0 saturated heterocycles. The lowest BCUT2D eigenvalue weighted by atomic mass is 10.1. The molecule has 1 atom stereocenters. The van der Waals surface area contributed by atoms with Crippen LogP contribution in [0.25, 0.3) is 0 Å². The van der Waals surface area contributed by atoms with Crippen LogP contribution in [0.3, 0.4) is 0 Å². The summed E-state index contributed by atoms with van der Waals surface area (Å²) in [5, 5.41) is 6.05. The summed E-state index contributed by atoms with van der Waals surface area (Å²) in [5.41, 5.74) is -0.158. The Labute approximate surface area is 92.8 Å². The molecule has 0 spiro atoms. The van der Waals surface area contributed by atoms with Gasteiger partial charge in [-0.25, -0.2) is 0 Å². The highest BCUT2D eigenvalue weighted by molar-refractivity contribution is 5.78. The molecule has 0 radical (unpaired) electrons. The number of methoxy groups -OCH3 is 1. The number of hydrogen-bond donors (Lipinski definition) is 2. The topological polar surface area (TPSA) is 50.4 Å². The third-order valence-electron chi connectivity index (χ3n) is 1.88. The number of ether oxygens (including phenoxy) is 1. The van der Waals surface area contributed by atoms with E-state index in [0.29, 0.717) is 12.6 Å². The molecule has 0 fully saturated rings. The van der Waals surface area contributed by atoms with Crippen molar-refractivity contribution in [1.82, 2.24) is 10.6 Å². The smallest absolute Gasteiger partial charge is 0.234 e. The summed E-state index contributed by atoms with van der Waals surface area (Å²) in [4.78, 5) is 11.4. The van der Waals surface area contributed by atoms with Gasteiger partial charge in [0.15, 0.2) is 0 Å². The minimum Gasteiger partial charge on any atom is -0.385 e. The number of hydrogen-bond acceptors (Lipinski definition) is 3. The van der Waals surface area contributed by atoms with Crippen LogP contribution in [0.15, 0.2) is 0 Å². The van der Waals surface area contributed by atoms with Gasteiger partial charge in [-0.15, -0.1) is 0 Å². The highest BCUT2D eigenvalue weighted by Gasteiger charge is 2.13. The van der Waals surface area contributed by atoms with Crippen molar-refractivity contribution in [3.8, 4) is 0 Å². The van der Waals surface area contributed by atoms with E-state index in [2.05, 4.69) is 10.6 Å². The van der Waals surface area contributed by atoms with Crippen molar-refractivity contribution in [2.75, 3.05) is 20.3 Å². The SMILES string of the molecule is COCCC(C)NCC(=O)NC(C)(C)C. The fourth-order valence-electron chi connectivity index (χ4n) is 1.13. The van der Waals surface area contributed by atoms with Crippen LogP contribution in [-0.4, -0.2) is 37.7 Å². The Morgan fingerprint density at radius 1 is 1.40 bits per heavy atom. The zero-order chi connectivity index (χ0) is 11.9. The molecule has 0 aromatic carbocycles. The molecule has 0 bridgehead atoms. The molecule has 1 unspecified atom stereocenters. The molecule has 90 valence electrons. The lowest BCUT2D eigenvalue weighted by Crippen LogP contribution is -2.46. The summed E-state index contributed by atoms with van der Waals surface area (Å²) in [6, 6.07) is 0.302. The zero-order valence-corrected chi connectivity index (χ0v) is 10.5. The molecular weight excluding hydrogens is 192 g/mol. The second-order valence-corrected chi connectivity index (χ2v) is 4.86. The first-order valence-electron chi connectivity index (χ1n) is 5.38. The van der Waals surface area contributed by atoms with E-state index in [1.807, 2.05) is 27.7 Å². The van der Waals surface area contributed by atoms with Gasteiger partial charge >= 0.3 is 0 Å². The molecule has 0 rings (SSSR count). The number of carbonyl (C=O) groups excluding carboxylic acids is 1. The Kier molecular flexibility index (Phi) is 6.52. The fourth-order valence-corrected chi connectivity index (χ4v) is 1.13. The van der Waals surface area contributed by atoms with Crippen LogP contribution in [0, 0.1) is 0 Å². The Bertz CT molecular complexity index is 188. The summed E-state index contributed by atoms with van der Waals surface area (Å²) in [5.74, 6) is 0.0340. The molecule has 0 heterocycles. The van der Waals surface area contributed by atoms with Gasteiger partial charge in [-0.3, -0.25) is 4.79 Å². The van der Waals surface area contributed by atoms with Crippen molar-refractivity contribution in [3.63, 3.8) is 0 Å². The van der Waals surface area contributed by atoms with Gasteiger partial charge in [0.2, 0.25) is 5.91 Å². The van der Waals surface area contributed by atoms with Crippen molar-refractivity contribution in [2.45, 2.75) is 45.7 Å². The number of nitrogens with one attached hydrogen (secondary N) is 2. The molecule has 2 N–H and O–H groups in total. The van der Waals surface area contributed by atoms with Gasteiger partial charge in [0.05, 0.1) is 6.54 Å². The maximum atomic E-state index is 11.4. The van der Waals surface area contributed by atoms with Crippen molar-refractivity contribution in [3.05, 3.63) is 0 Å². The van der Waals surface area contributed by atoms with Crippen molar-refractivity contribution < 1.29 is 9.53 Å². The molecule has 0 aromatic heterocycles. The first kappa shape index (κ1) is 14.4. The fraction of sp³-hybridized carbons (Fsp3) is 0.909. The first-order valence-corrected chi connectivity index (χ1v) is 5.38. The predicted molar refractivity (Wildman–Crippen MR) is 61.9 cm³/mol. The van der Waals surface area contributed by atoms with Crippen LogP contribution in [0.2, 0.25) is 0 Å². The van der Waals surface area contributed by atoms with E-state index < -0.39 is 0 Å². The normalized spacial score (nSPS) is 13.7. The second kappa shape index (κ2) is 6.80. The maximum absolute atomic E-state index is 11.4. The first-order chi connectivity index (χ1) is 6.85. The quantitative estimate of drug-likeness (QED) is 0.694. The number of carbonyl (C=O) groups is 1. The average molecular weight is 216 g/mol. The van der Waals surface area contributed by atoms with E-state index in [4.69, 9.17) is 4.74 Å². The average Bonchev–Trinajstić information content (AvgIpc) is 2.08. The molecular formula is C11H24N2O2. The van der Waals surface area contributed by atoms with E-state index >= 15 is 0 Å². The molecule has 4 nitrogen and oxygen atoms in total. The van der Waals surface area contributed by atoms with Gasteiger partial charge in [0.1, 0.15) is 0 Å². The van der Waals surface area contributed by atoms with Gasteiger partial charge in [-0.1, -0.05) is 0 Å². The van der Waals surface area contributed by atoms with Gasteiger partial charge in [-0.05, 0) is 34.1 Å². The van der Waals surface area contributed by atoms with Gasteiger partial charge < -0.3 is 15.4 Å². The number of rotatable bonds is 6. The molecule has 15 heavy (non-hydrogen) atoms. The van der Waals surface area contributed by atoms with Crippen molar-refractivity contribution in [2.24, 2.45) is 0 Å². The predicted octanol–water partition coefficient (Wildman–Crippen LogP) is 0.916. The monoisotopic (exact) mass is 216 g/mol. The molecule has 0 aromatic rings. The van der Waals surface area contributed by atoms with E-state index in [1.54, 1.807) is 7.11 Å². The van der Waals surface area contributed by atoms with Crippen LogP contribution >= 0.6 is 0 Å². The maximum Gasteiger partial charge on any atom is 0.234 e. The molecule has 1 amide bonds. The Hall–Kier alpha value is -0.610. The lowest BCUT2D eigenvalue weighted by molar-refractivity contribution is -0.121. The van der Waals surface area contributed by atoms with Crippen LogP contribution < -0.4 is 10.6 Å². The minimum absolute atomic E-state index is 0.0340. The number of amides is 1. The van der Waals surface area contributed by atoms with E-state index in [0.717, 1.165) is 13.0 Å². The van der Waals surface area contributed by atoms with Crippen molar-refractivity contribution >= 4 is 5.91 Å². The van der Waals surface area contributed by atoms with Crippen molar-refractivity contribution in [1.29, 1.82) is 0 Å². The summed E-state index contributed by atoms with van der Waals surface area (Å²) in [6.45, 7) is 9.04. The van der Waals surface area contributed by atoms with Crippen LogP contribution in [0.4, 0.5) is 0 Å². The Balaban J connectivity index is 3.62. The molecule has 0 aliphatic rings. The Morgan fingerprint density at radius 2 is 2.00 bits per heavy atom. The summed E-state index contributed by atoms with van der Waals surface area (Å²) in [6.07, 6.45) is 0.916. The van der Waals surface area contributed by atoms with E-state index in [9.17, 15) is 4.79 Å². The Morgan fingerprint density at radius 3 is 2.47 bits per heavy atom. The third kappa shape index (κ3) is 9.69. The standard InChI is InChI=1S/C11H24N2O2/c1-9(6-7-15-5)12-8-10(14)13-11(2,3)4/h9,12H,6-8H2,1-5H3,(H,13,14). The summed E-state index contributed by atoms with van der Waals surface area (Å²) in [7, 11) is 1.68. The van der Waals surface area contributed by atoms with E-state index in [1.165, 1.54) is 0 Å². The van der Waals surface area contributed by atoms with Gasteiger partial charge in [0, 0.05) is 25.3 Å². The molecule has 4 heteroatoms. The van der Waals surface area contributed by atoms with Crippen LogP contribution in [0.5, 0.6) is 0 Å². The highest BCUT2D eigenvalue weighted by atomic mass is 16.5. The third-order valence-corrected chi connectivity index (χ3v) is 1.88. The van der Waals surface area contributed by atoms with E-state index in [-0.39, 0.29) is 11.4 Å². The second-order valence-electron chi connectivity index (χ2n) is 4.86.